The summed E-state index contributed by atoms with van der Waals surface area (Å²) in [5, 5.41) is 12.1. The second-order valence-corrected chi connectivity index (χ2v) is 10.5. The highest BCUT2D eigenvalue weighted by atomic mass is 32.1. The lowest BCUT2D eigenvalue weighted by atomic mass is 9.97. The Morgan fingerprint density at radius 1 is 1.05 bits per heavy atom. The van der Waals surface area contributed by atoms with Gasteiger partial charge in [-0.3, -0.25) is 4.79 Å². The standard InChI is InChI=1S/C30H27F3N2O3S/c1-19-16-22(20-8-10-24(11-9-20)30(31,32)33)6-7-23(19)17-38-27-5-3-2-4-25(27)26-18-39-29(34-26)35-14-12-21(13-15-35)28(36)37/h2-11,16,18,21H,12-15,17H2,1H3,(H,36,37). The molecule has 1 aliphatic heterocycles. The van der Waals surface area contributed by atoms with E-state index in [1.165, 1.54) is 23.5 Å². The number of aryl methyl sites for hydroxylation is 1. The molecule has 2 heterocycles. The zero-order chi connectivity index (χ0) is 27.6. The van der Waals surface area contributed by atoms with E-state index in [0.717, 1.165) is 50.8 Å². The molecule has 0 radical (unpaired) electrons. The molecule has 1 aromatic heterocycles. The van der Waals surface area contributed by atoms with Gasteiger partial charge in [0.05, 0.1) is 17.2 Å². The Hall–Kier alpha value is -3.85. The monoisotopic (exact) mass is 552 g/mol. The molecule has 0 bridgehead atoms. The number of aliphatic carboxylic acids is 1. The summed E-state index contributed by atoms with van der Waals surface area (Å²) < 4.78 is 44.9. The minimum Gasteiger partial charge on any atom is -0.488 e. The van der Waals surface area contributed by atoms with Gasteiger partial charge in [0.2, 0.25) is 0 Å². The normalized spacial score (nSPS) is 14.4. The summed E-state index contributed by atoms with van der Waals surface area (Å²) in [6, 6.07) is 18.7. The van der Waals surface area contributed by atoms with Crippen LogP contribution in [-0.4, -0.2) is 29.1 Å². The molecular weight excluding hydrogens is 525 g/mol. The third-order valence-electron chi connectivity index (χ3n) is 7.04. The lowest BCUT2D eigenvalue weighted by molar-refractivity contribution is -0.142. The number of hydrogen-bond acceptors (Lipinski definition) is 5. The summed E-state index contributed by atoms with van der Waals surface area (Å²) in [5.74, 6) is -0.322. The van der Waals surface area contributed by atoms with Crippen molar-refractivity contribution in [1.29, 1.82) is 0 Å². The zero-order valence-electron chi connectivity index (χ0n) is 21.2. The number of thiazole rings is 1. The van der Waals surface area contributed by atoms with Gasteiger partial charge >= 0.3 is 12.1 Å². The number of carboxylic acids is 1. The second-order valence-electron chi connectivity index (χ2n) is 9.62. The predicted molar refractivity (Wildman–Crippen MR) is 146 cm³/mol. The molecule has 1 N–H and O–H groups in total. The third kappa shape index (κ3) is 6.09. The van der Waals surface area contributed by atoms with E-state index in [1.807, 2.05) is 54.8 Å². The maximum Gasteiger partial charge on any atom is 0.416 e. The fourth-order valence-corrected chi connectivity index (χ4v) is 5.58. The fourth-order valence-electron chi connectivity index (χ4n) is 4.70. The lowest BCUT2D eigenvalue weighted by Gasteiger charge is -2.29. The molecule has 0 saturated carbocycles. The molecule has 0 unspecified atom stereocenters. The van der Waals surface area contributed by atoms with Crippen molar-refractivity contribution in [3.63, 3.8) is 0 Å². The van der Waals surface area contributed by atoms with E-state index in [-0.39, 0.29) is 5.92 Å². The van der Waals surface area contributed by atoms with Gasteiger partial charge < -0.3 is 14.7 Å². The van der Waals surface area contributed by atoms with Crippen molar-refractivity contribution in [2.45, 2.75) is 32.5 Å². The molecule has 0 atom stereocenters. The number of halogens is 3. The average molecular weight is 553 g/mol. The number of para-hydroxylation sites is 1. The van der Waals surface area contributed by atoms with E-state index in [2.05, 4.69) is 4.90 Å². The Kier molecular flexibility index (Phi) is 7.61. The first-order chi connectivity index (χ1) is 18.7. The van der Waals surface area contributed by atoms with Gasteiger partial charge in [-0.05, 0) is 66.3 Å². The number of hydrogen-bond donors (Lipinski definition) is 1. The average Bonchev–Trinajstić information content (AvgIpc) is 3.42. The van der Waals surface area contributed by atoms with Gasteiger partial charge in [-0.15, -0.1) is 11.3 Å². The molecule has 202 valence electrons. The molecule has 39 heavy (non-hydrogen) atoms. The van der Waals surface area contributed by atoms with Gasteiger partial charge in [0.1, 0.15) is 12.4 Å². The highest BCUT2D eigenvalue weighted by Gasteiger charge is 2.30. The highest BCUT2D eigenvalue weighted by Crippen LogP contribution is 2.36. The van der Waals surface area contributed by atoms with E-state index < -0.39 is 17.7 Å². The summed E-state index contributed by atoms with van der Waals surface area (Å²) in [5.41, 5.74) is 4.52. The molecular formula is C30H27F3N2O3S. The fraction of sp³-hybridized carbons (Fsp3) is 0.267. The van der Waals surface area contributed by atoms with Gasteiger partial charge in [-0.2, -0.15) is 13.2 Å². The number of nitrogens with zero attached hydrogens (tertiary/aromatic N) is 2. The first-order valence-corrected chi connectivity index (χ1v) is 13.5. The van der Waals surface area contributed by atoms with Gasteiger partial charge in [-0.25, -0.2) is 4.98 Å². The SMILES string of the molecule is Cc1cc(-c2ccc(C(F)(F)F)cc2)ccc1COc1ccccc1-c1csc(N2CCC(C(=O)O)CC2)n1. The maximum atomic E-state index is 12.9. The molecule has 3 aromatic carbocycles. The minimum absolute atomic E-state index is 0.290. The number of rotatable bonds is 7. The molecule has 9 heteroatoms. The molecule has 0 aliphatic carbocycles. The number of ether oxygens (including phenoxy) is 1. The molecule has 0 spiro atoms. The first-order valence-electron chi connectivity index (χ1n) is 12.6. The van der Waals surface area contributed by atoms with Crippen molar-refractivity contribution in [3.05, 3.63) is 88.8 Å². The van der Waals surface area contributed by atoms with Crippen molar-refractivity contribution in [2.24, 2.45) is 5.92 Å². The van der Waals surface area contributed by atoms with Gasteiger partial charge in [0, 0.05) is 24.0 Å². The van der Waals surface area contributed by atoms with Gasteiger partial charge in [-0.1, -0.05) is 42.5 Å². The van der Waals surface area contributed by atoms with Crippen LogP contribution in [0.3, 0.4) is 0 Å². The van der Waals surface area contributed by atoms with Crippen molar-refractivity contribution in [2.75, 3.05) is 18.0 Å². The summed E-state index contributed by atoms with van der Waals surface area (Å²) in [6.07, 6.45) is -3.13. The van der Waals surface area contributed by atoms with Crippen LogP contribution in [0.2, 0.25) is 0 Å². The van der Waals surface area contributed by atoms with Crippen LogP contribution < -0.4 is 9.64 Å². The summed E-state index contributed by atoms with van der Waals surface area (Å²) in [6.45, 7) is 3.63. The first kappa shape index (κ1) is 26.7. The van der Waals surface area contributed by atoms with Crippen molar-refractivity contribution in [1.82, 2.24) is 4.98 Å². The summed E-state index contributed by atoms with van der Waals surface area (Å²) >= 11 is 1.54. The van der Waals surface area contributed by atoms with Crippen LogP contribution in [0.25, 0.3) is 22.4 Å². The van der Waals surface area contributed by atoms with Crippen LogP contribution in [0.4, 0.5) is 18.3 Å². The Labute approximate surface area is 228 Å². The lowest BCUT2D eigenvalue weighted by Crippen LogP contribution is -2.36. The quantitative estimate of drug-likeness (QED) is 0.255. The van der Waals surface area contributed by atoms with Crippen LogP contribution in [-0.2, 0) is 17.6 Å². The van der Waals surface area contributed by atoms with Crippen LogP contribution >= 0.6 is 11.3 Å². The van der Waals surface area contributed by atoms with Crippen molar-refractivity contribution >= 4 is 22.4 Å². The van der Waals surface area contributed by atoms with E-state index in [4.69, 9.17) is 9.72 Å². The van der Waals surface area contributed by atoms with E-state index in [1.54, 1.807) is 0 Å². The molecule has 0 amide bonds. The molecule has 1 saturated heterocycles. The molecule has 1 fully saturated rings. The van der Waals surface area contributed by atoms with E-state index in [0.29, 0.717) is 38.3 Å². The van der Waals surface area contributed by atoms with Gasteiger partial charge in [0.25, 0.3) is 0 Å². The Bertz CT molecular complexity index is 1460. The highest BCUT2D eigenvalue weighted by molar-refractivity contribution is 7.14. The zero-order valence-corrected chi connectivity index (χ0v) is 22.1. The minimum atomic E-state index is -4.36. The van der Waals surface area contributed by atoms with Crippen LogP contribution in [0.5, 0.6) is 5.75 Å². The number of anilines is 1. The van der Waals surface area contributed by atoms with Crippen LogP contribution in [0, 0.1) is 12.8 Å². The number of carboxylic acid groups (broad SMARTS) is 1. The number of piperidine rings is 1. The van der Waals surface area contributed by atoms with Crippen molar-refractivity contribution in [3.8, 4) is 28.1 Å². The third-order valence-corrected chi connectivity index (χ3v) is 7.94. The molecule has 1 aliphatic rings. The Balaban J connectivity index is 1.27. The number of aromatic nitrogens is 1. The van der Waals surface area contributed by atoms with Crippen molar-refractivity contribution < 1.29 is 27.8 Å². The Morgan fingerprint density at radius 2 is 1.74 bits per heavy atom. The summed E-state index contributed by atoms with van der Waals surface area (Å²) in [7, 11) is 0. The van der Waals surface area contributed by atoms with Crippen LogP contribution in [0.15, 0.2) is 72.1 Å². The van der Waals surface area contributed by atoms with E-state index in [9.17, 15) is 23.1 Å². The number of carbonyl (C=O) groups is 1. The van der Waals surface area contributed by atoms with Gasteiger partial charge in [0.15, 0.2) is 5.13 Å². The maximum absolute atomic E-state index is 12.9. The second kappa shape index (κ2) is 11.1. The Morgan fingerprint density at radius 3 is 2.41 bits per heavy atom. The number of alkyl halides is 3. The summed E-state index contributed by atoms with van der Waals surface area (Å²) in [4.78, 5) is 18.2. The molecule has 4 aromatic rings. The number of benzene rings is 3. The topological polar surface area (TPSA) is 62.7 Å². The largest absolute Gasteiger partial charge is 0.488 e. The molecule has 5 rings (SSSR count). The van der Waals surface area contributed by atoms with E-state index >= 15 is 0 Å². The smallest absolute Gasteiger partial charge is 0.416 e. The predicted octanol–water partition coefficient (Wildman–Crippen LogP) is 7.68. The molecule has 5 nitrogen and oxygen atoms in total. The van der Waals surface area contributed by atoms with Crippen LogP contribution in [0.1, 0.15) is 29.5 Å².